The minimum Gasteiger partial charge on any atom is -0.333 e. The van der Waals surface area contributed by atoms with Gasteiger partial charge in [-0.05, 0) is 18.2 Å². The van der Waals surface area contributed by atoms with Crippen molar-refractivity contribution >= 4 is 33.2 Å². The molecule has 1 aromatic rings. The molecule has 1 saturated heterocycles. The number of benzene rings is 1. The Balaban J connectivity index is 2.04. The van der Waals surface area contributed by atoms with Gasteiger partial charge in [-0.3, -0.25) is 0 Å². The van der Waals surface area contributed by atoms with Crippen LogP contribution in [-0.2, 0) is 10.0 Å². The molecule has 5 nitrogen and oxygen atoms in total. The second-order valence-electron chi connectivity index (χ2n) is 5.24. The van der Waals surface area contributed by atoms with Crippen LogP contribution in [0.2, 0.25) is 10.0 Å². The molecule has 22 heavy (non-hydrogen) atoms. The summed E-state index contributed by atoms with van der Waals surface area (Å²) in [7, 11) is -3.61. The highest BCUT2D eigenvalue weighted by molar-refractivity contribution is 7.89. The first kappa shape index (κ1) is 17.5. The maximum absolute atomic E-state index is 12.7. The van der Waals surface area contributed by atoms with Gasteiger partial charge in [0.15, 0.2) is 0 Å². The molecule has 0 aromatic heterocycles. The molecule has 1 heterocycles. The summed E-state index contributed by atoms with van der Waals surface area (Å²) in [5.41, 5.74) is 0. The fourth-order valence-electron chi connectivity index (χ4n) is 2.52. The maximum Gasteiger partial charge on any atom is 0.245 e. The van der Waals surface area contributed by atoms with Gasteiger partial charge in [-0.15, -0.1) is 0 Å². The molecule has 0 saturated carbocycles. The monoisotopic (exact) mass is 362 g/mol. The van der Waals surface area contributed by atoms with Crippen LogP contribution in [0.4, 0.5) is 0 Å². The predicted molar refractivity (Wildman–Crippen MR) is 85.6 cm³/mol. The molecule has 1 N–H and O–H groups in total. The molecule has 0 bridgehead atoms. The third-order valence-corrected chi connectivity index (χ3v) is 6.37. The van der Waals surface area contributed by atoms with E-state index in [1.807, 2.05) is 0 Å². The Bertz CT molecular complexity index is 665. The maximum atomic E-state index is 12.7. The molecule has 0 radical (unpaired) electrons. The van der Waals surface area contributed by atoms with Crippen LogP contribution < -0.4 is 4.90 Å². The van der Waals surface area contributed by atoms with Crippen molar-refractivity contribution in [2.45, 2.75) is 17.7 Å². The van der Waals surface area contributed by atoms with Gasteiger partial charge in [0.2, 0.25) is 10.0 Å². The molecule has 0 amide bonds. The molecule has 1 aromatic carbocycles. The fourth-order valence-corrected chi connectivity index (χ4v) is 4.70. The van der Waals surface area contributed by atoms with E-state index < -0.39 is 10.0 Å². The van der Waals surface area contributed by atoms with Gasteiger partial charge in [-0.2, -0.15) is 9.57 Å². The minimum atomic E-state index is -3.61. The third kappa shape index (κ3) is 4.12. The number of nitriles is 1. The van der Waals surface area contributed by atoms with E-state index in [2.05, 4.69) is 6.07 Å². The van der Waals surface area contributed by atoms with Crippen LogP contribution in [0.5, 0.6) is 0 Å². The van der Waals surface area contributed by atoms with Gasteiger partial charge in [0.25, 0.3) is 0 Å². The zero-order valence-electron chi connectivity index (χ0n) is 12.1. The first-order valence-corrected chi connectivity index (χ1v) is 9.30. The van der Waals surface area contributed by atoms with E-state index >= 15 is 0 Å². The summed E-state index contributed by atoms with van der Waals surface area (Å²) in [6.45, 7) is 3.28. The van der Waals surface area contributed by atoms with Crippen molar-refractivity contribution in [3.05, 3.63) is 28.2 Å². The second-order valence-corrected chi connectivity index (χ2v) is 7.99. The van der Waals surface area contributed by atoms with Gasteiger partial charge in [0.1, 0.15) is 4.90 Å². The molecule has 2 rings (SSSR count). The molecule has 1 aliphatic rings. The molecular weight excluding hydrogens is 345 g/mol. The third-order valence-electron chi connectivity index (χ3n) is 3.76. The number of quaternary nitrogens is 1. The molecule has 0 unspecified atom stereocenters. The number of nitrogens with one attached hydrogen (secondary N) is 1. The molecule has 0 spiro atoms. The Kier molecular flexibility index (Phi) is 6.07. The number of sulfonamides is 1. The van der Waals surface area contributed by atoms with E-state index in [9.17, 15) is 8.42 Å². The van der Waals surface area contributed by atoms with Gasteiger partial charge >= 0.3 is 0 Å². The summed E-state index contributed by atoms with van der Waals surface area (Å²) in [4.78, 5) is 1.40. The Hall–Kier alpha value is -0.840. The average molecular weight is 363 g/mol. The van der Waals surface area contributed by atoms with Crippen molar-refractivity contribution in [3.63, 3.8) is 0 Å². The summed E-state index contributed by atoms with van der Waals surface area (Å²) in [5, 5.41) is 9.09. The van der Waals surface area contributed by atoms with Gasteiger partial charge in [-0.1, -0.05) is 23.2 Å². The lowest BCUT2D eigenvalue weighted by Gasteiger charge is -2.31. The van der Waals surface area contributed by atoms with Crippen LogP contribution >= 0.6 is 23.2 Å². The number of hydrogen-bond donors (Lipinski definition) is 1. The average Bonchev–Trinajstić information content (AvgIpc) is 2.50. The van der Waals surface area contributed by atoms with Gasteiger partial charge in [0, 0.05) is 17.9 Å². The Morgan fingerprint density at radius 1 is 1.27 bits per heavy atom. The van der Waals surface area contributed by atoms with E-state index in [4.69, 9.17) is 28.5 Å². The van der Waals surface area contributed by atoms with E-state index in [0.717, 1.165) is 26.1 Å². The molecule has 0 atom stereocenters. The van der Waals surface area contributed by atoms with E-state index in [-0.39, 0.29) is 9.92 Å². The number of unbranched alkanes of at least 4 members (excludes halogenated alkanes) is 1. The summed E-state index contributed by atoms with van der Waals surface area (Å²) in [6.07, 6.45) is 1.39. The summed E-state index contributed by atoms with van der Waals surface area (Å²) in [6, 6.07) is 6.59. The Morgan fingerprint density at radius 2 is 1.95 bits per heavy atom. The number of halogens is 2. The molecule has 0 aliphatic carbocycles. The van der Waals surface area contributed by atoms with Gasteiger partial charge < -0.3 is 4.90 Å². The van der Waals surface area contributed by atoms with E-state index in [1.54, 1.807) is 6.07 Å². The zero-order chi connectivity index (χ0) is 16.2. The number of nitrogens with zero attached hydrogens (tertiary/aromatic N) is 2. The topological polar surface area (TPSA) is 65.6 Å². The van der Waals surface area contributed by atoms with E-state index in [1.165, 1.54) is 21.3 Å². The fraction of sp³-hybridized carbons (Fsp3) is 0.500. The number of rotatable bonds is 5. The molecule has 1 aliphatic heterocycles. The Morgan fingerprint density at radius 3 is 2.59 bits per heavy atom. The zero-order valence-corrected chi connectivity index (χ0v) is 14.4. The summed E-state index contributed by atoms with van der Waals surface area (Å²) >= 11 is 11.9. The largest absolute Gasteiger partial charge is 0.333 e. The van der Waals surface area contributed by atoms with Crippen molar-refractivity contribution in [2.75, 3.05) is 32.7 Å². The van der Waals surface area contributed by atoms with Crippen molar-refractivity contribution in [2.24, 2.45) is 0 Å². The van der Waals surface area contributed by atoms with Crippen LogP contribution in [0.25, 0.3) is 0 Å². The van der Waals surface area contributed by atoms with Crippen LogP contribution in [0, 0.1) is 11.3 Å². The number of piperazine rings is 1. The quantitative estimate of drug-likeness (QED) is 0.800. The lowest BCUT2D eigenvalue weighted by atomic mass is 10.3. The summed E-state index contributed by atoms with van der Waals surface area (Å²) < 4.78 is 26.8. The predicted octanol–water partition coefficient (Wildman–Crippen LogP) is 1.19. The van der Waals surface area contributed by atoms with Crippen LogP contribution in [-0.4, -0.2) is 45.4 Å². The SMILES string of the molecule is N#CCCC[NH+]1CCN(S(=O)(=O)c2cc(Cl)ccc2Cl)CC1. The smallest absolute Gasteiger partial charge is 0.245 e. The first-order chi connectivity index (χ1) is 10.4. The Labute approximate surface area is 141 Å². The summed E-state index contributed by atoms with van der Waals surface area (Å²) in [5.74, 6) is 0. The van der Waals surface area contributed by atoms with Crippen LogP contribution in [0.3, 0.4) is 0 Å². The van der Waals surface area contributed by atoms with Gasteiger partial charge in [0.05, 0.1) is 43.8 Å². The van der Waals surface area contributed by atoms with Crippen molar-refractivity contribution < 1.29 is 13.3 Å². The van der Waals surface area contributed by atoms with Crippen molar-refractivity contribution in [1.29, 1.82) is 5.26 Å². The van der Waals surface area contributed by atoms with Gasteiger partial charge in [-0.25, -0.2) is 8.42 Å². The number of hydrogen-bond acceptors (Lipinski definition) is 3. The highest BCUT2D eigenvalue weighted by Crippen LogP contribution is 2.27. The standard InChI is InChI=1S/C14H17Cl2N3O2S/c15-12-3-4-13(16)14(11-12)22(20,21)19-9-7-18(8-10-19)6-2-1-5-17/h3-4,11H,1-2,6-10H2/p+1. The lowest BCUT2D eigenvalue weighted by molar-refractivity contribution is -0.903. The first-order valence-electron chi connectivity index (χ1n) is 7.11. The van der Waals surface area contributed by atoms with E-state index in [0.29, 0.717) is 24.5 Å². The van der Waals surface area contributed by atoms with Crippen molar-refractivity contribution in [3.8, 4) is 6.07 Å². The molecule has 8 heteroatoms. The van der Waals surface area contributed by atoms with Crippen LogP contribution in [0.15, 0.2) is 23.1 Å². The van der Waals surface area contributed by atoms with Crippen LogP contribution in [0.1, 0.15) is 12.8 Å². The second kappa shape index (κ2) is 7.62. The molecule has 120 valence electrons. The van der Waals surface area contributed by atoms with Crippen molar-refractivity contribution in [1.82, 2.24) is 4.31 Å². The molecular formula is C14H18Cl2N3O2S+. The highest BCUT2D eigenvalue weighted by atomic mass is 35.5. The normalized spacial score (nSPS) is 17.3. The lowest BCUT2D eigenvalue weighted by Crippen LogP contribution is -3.14. The highest BCUT2D eigenvalue weighted by Gasteiger charge is 2.31. The molecule has 1 fully saturated rings. The minimum absolute atomic E-state index is 0.0644.